The standard InChI is InChI=1S/C16H16BrClN2O3S/c1-11-14(18)4-3-5-15(11)19-16(21)10-20(2)24(22,23)13-8-6-12(17)7-9-13/h3-9H,10H2,1-2H3,(H,19,21). The Morgan fingerprint density at radius 1 is 1.21 bits per heavy atom. The summed E-state index contributed by atoms with van der Waals surface area (Å²) in [5, 5.41) is 3.21. The van der Waals surface area contributed by atoms with E-state index in [1.165, 1.54) is 19.2 Å². The number of anilines is 1. The molecular formula is C16H16BrClN2O3S. The van der Waals surface area contributed by atoms with Crippen molar-refractivity contribution in [3.8, 4) is 0 Å². The predicted octanol–water partition coefficient (Wildman–Crippen LogP) is 3.67. The van der Waals surface area contributed by atoms with Gasteiger partial charge in [0, 0.05) is 22.2 Å². The summed E-state index contributed by atoms with van der Waals surface area (Å²) in [6, 6.07) is 11.4. The number of benzene rings is 2. The van der Waals surface area contributed by atoms with Crippen LogP contribution in [0.1, 0.15) is 5.56 Å². The minimum atomic E-state index is -3.74. The number of carbonyl (C=O) groups excluding carboxylic acids is 1. The van der Waals surface area contributed by atoms with Crippen molar-refractivity contribution in [1.29, 1.82) is 0 Å². The van der Waals surface area contributed by atoms with E-state index in [4.69, 9.17) is 11.6 Å². The van der Waals surface area contributed by atoms with Crippen LogP contribution in [0.4, 0.5) is 5.69 Å². The molecule has 0 aliphatic rings. The summed E-state index contributed by atoms with van der Waals surface area (Å²) < 4.78 is 26.7. The normalized spacial score (nSPS) is 11.5. The lowest BCUT2D eigenvalue weighted by Gasteiger charge is -2.17. The molecule has 0 unspecified atom stereocenters. The maximum Gasteiger partial charge on any atom is 0.243 e. The first-order chi connectivity index (χ1) is 11.2. The van der Waals surface area contributed by atoms with Gasteiger partial charge in [-0.05, 0) is 48.9 Å². The van der Waals surface area contributed by atoms with Crippen molar-refractivity contribution in [2.45, 2.75) is 11.8 Å². The maximum absolute atomic E-state index is 12.5. The molecule has 128 valence electrons. The summed E-state index contributed by atoms with van der Waals surface area (Å²) in [6.07, 6.45) is 0. The lowest BCUT2D eigenvalue weighted by Crippen LogP contribution is -2.35. The number of likely N-dealkylation sites (N-methyl/N-ethyl adjacent to an activating group) is 1. The largest absolute Gasteiger partial charge is 0.325 e. The van der Waals surface area contributed by atoms with Gasteiger partial charge in [0.25, 0.3) is 0 Å². The van der Waals surface area contributed by atoms with Gasteiger partial charge >= 0.3 is 0 Å². The second-order valence-electron chi connectivity index (χ2n) is 5.18. The molecule has 0 radical (unpaired) electrons. The predicted molar refractivity (Wildman–Crippen MR) is 98.8 cm³/mol. The first kappa shape index (κ1) is 18.9. The van der Waals surface area contributed by atoms with Crippen LogP contribution in [0.15, 0.2) is 51.8 Å². The number of sulfonamides is 1. The summed E-state index contributed by atoms with van der Waals surface area (Å²) >= 11 is 9.26. The Morgan fingerprint density at radius 3 is 2.46 bits per heavy atom. The molecule has 0 fully saturated rings. The molecule has 5 nitrogen and oxygen atoms in total. The number of rotatable bonds is 5. The summed E-state index contributed by atoms with van der Waals surface area (Å²) in [5.41, 5.74) is 1.29. The van der Waals surface area contributed by atoms with Gasteiger partial charge in [0.05, 0.1) is 11.4 Å². The molecule has 8 heteroatoms. The van der Waals surface area contributed by atoms with E-state index < -0.39 is 15.9 Å². The van der Waals surface area contributed by atoms with Gasteiger partial charge in [0.15, 0.2) is 0 Å². The molecule has 0 bridgehead atoms. The summed E-state index contributed by atoms with van der Waals surface area (Å²) in [6.45, 7) is 1.48. The summed E-state index contributed by atoms with van der Waals surface area (Å²) in [4.78, 5) is 12.3. The van der Waals surface area contributed by atoms with Crippen LogP contribution in [0.2, 0.25) is 5.02 Å². The van der Waals surface area contributed by atoms with Crippen LogP contribution in [-0.2, 0) is 14.8 Å². The molecule has 0 saturated carbocycles. The van der Waals surface area contributed by atoms with Crippen LogP contribution in [0.3, 0.4) is 0 Å². The highest BCUT2D eigenvalue weighted by Crippen LogP contribution is 2.23. The first-order valence-electron chi connectivity index (χ1n) is 6.98. The van der Waals surface area contributed by atoms with Crippen molar-refractivity contribution in [1.82, 2.24) is 4.31 Å². The fourth-order valence-electron chi connectivity index (χ4n) is 2.01. The Hall–Kier alpha value is -1.41. The zero-order valence-electron chi connectivity index (χ0n) is 13.1. The summed E-state index contributed by atoms with van der Waals surface area (Å²) in [5.74, 6) is -0.441. The van der Waals surface area contributed by atoms with Crippen molar-refractivity contribution in [2.24, 2.45) is 0 Å². The number of hydrogen-bond acceptors (Lipinski definition) is 3. The monoisotopic (exact) mass is 430 g/mol. The van der Waals surface area contributed by atoms with E-state index in [-0.39, 0.29) is 11.4 Å². The first-order valence-corrected chi connectivity index (χ1v) is 9.60. The Balaban J connectivity index is 2.10. The molecule has 1 amide bonds. The number of halogens is 2. The fourth-order valence-corrected chi connectivity index (χ4v) is 3.57. The second kappa shape index (κ2) is 7.65. The average Bonchev–Trinajstić information content (AvgIpc) is 2.52. The van der Waals surface area contributed by atoms with E-state index in [1.54, 1.807) is 37.3 Å². The molecular weight excluding hydrogens is 416 g/mol. The van der Waals surface area contributed by atoms with Crippen molar-refractivity contribution in [3.05, 3.63) is 57.5 Å². The lowest BCUT2D eigenvalue weighted by molar-refractivity contribution is -0.116. The zero-order valence-corrected chi connectivity index (χ0v) is 16.2. The molecule has 2 aromatic rings. The van der Waals surface area contributed by atoms with E-state index in [9.17, 15) is 13.2 Å². The third-order valence-electron chi connectivity index (χ3n) is 3.43. The number of amides is 1. The minimum absolute atomic E-state index is 0.125. The van der Waals surface area contributed by atoms with Gasteiger partial charge in [-0.15, -0.1) is 0 Å². The second-order valence-corrected chi connectivity index (χ2v) is 8.54. The molecule has 0 atom stereocenters. The Bertz CT molecular complexity index is 854. The summed E-state index contributed by atoms with van der Waals surface area (Å²) in [7, 11) is -2.37. The smallest absolute Gasteiger partial charge is 0.243 e. The van der Waals surface area contributed by atoms with Crippen LogP contribution in [0.25, 0.3) is 0 Å². The Kier molecular flexibility index (Phi) is 6.03. The van der Waals surface area contributed by atoms with Crippen LogP contribution in [0, 0.1) is 6.92 Å². The molecule has 2 rings (SSSR count). The van der Waals surface area contributed by atoms with Crippen LogP contribution < -0.4 is 5.32 Å². The zero-order chi connectivity index (χ0) is 17.9. The topological polar surface area (TPSA) is 66.5 Å². The van der Waals surface area contributed by atoms with Crippen molar-refractivity contribution in [3.63, 3.8) is 0 Å². The van der Waals surface area contributed by atoms with Gasteiger partial charge in [0.1, 0.15) is 0 Å². The van der Waals surface area contributed by atoms with Gasteiger partial charge < -0.3 is 5.32 Å². The minimum Gasteiger partial charge on any atom is -0.325 e. The van der Waals surface area contributed by atoms with Crippen molar-refractivity contribution in [2.75, 3.05) is 18.9 Å². The van der Waals surface area contributed by atoms with E-state index in [0.717, 1.165) is 14.3 Å². The highest BCUT2D eigenvalue weighted by Gasteiger charge is 2.23. The molecule has 0 aromatic heterocycles. The Morgan fingerprint density at radius 2 is 1.83 bits per heavy atom. The Labute approximate surface area is 154 Å². The van der Waals surface area contributed by atoms with Crippen molar-refractivity contribution >= 4 is 49.1 Å². The fraction of sp³-hybridized carbons (Fsp3) is 0.188. The van der Waals surface area contributed by atoms with Crippen LogP contribution in [-0.4, -0.2) is 32.2 Å². The van der Waals surface area contributed by atoms with Gasteiger partial charge in [-0.1, -0.05) is 33.6 Å². The van der Waals surface area contributed by atoms with E-state index in [1.807, 2.05) is 0 Å². The number of hydrogen-bond donors (Lipinski definition) is 1. The highest BCUT2D eigenvalue weighted by atomic mass is 79.9. The lowest BCUT2D eigenvalue weighted by atomic mass is 10.2. The number of nitrogens with zero attached hydrogens (tertiary/aromatic N) is 1. The van der Waals surface area contributed by atoms with E-state index in [2.05, 4.69) is 21.2 Å². The average molecular weight is 432 g/mol. The molecule has 0 heterocycles. The maximum atomic E-state index is 12.5. The van der Waals surface area contributed by atoms with Crippen LogP contribution in [0.5, 0.6) is 0 Å². The third kappa shape index (κ3) is 4.36. The van der Waals surface area contributed by atoms with Crippen LogP contribution >= 0.6 is 27.5 Å². The molecule has 0 aliphatic heterocycles. The number of nitrogens with one attached hydrogen (secondary N) is 1. The highest BCUT2D eigenvalue weighted by molar-refractivity contribution is 9.10. The van der Waals surface area contributed by atoms with E-state index >= 15 is 0 Å². The molecule has 24 heavy (non-hydrogen) atoms. The molecule has 1 N–H and O–H groups in total. The SMILES string of the molecule is Cc1c(Cl)cccc1NC(=O)CN(C)S(=O)(=O)c1ccc(Br)cc1. The van der Waals surface area contributed by atoms with Gasteiger partial charge in [-0.3, -0.25) is 4.79 Å². The molecule has 2 aromatic carbocycles. The van der Waals surface area contributed by atoms with E-state index in [0.29, 0.717) is 10.7 Å². The van der Waals surface area contributed by atoms with Gasteiger partial charge in [0.2, 0.25) is 15.9 Å². The number of carbonyl (C=O) groups is 1. The van der Waals surface area contributed by atoms with Gasteiger partial charge in [-0.25, -0.2) is 8.42 Å². The van der Waals surface area contributed by atoms with Gasteiger partial charge in [-0.2, -0.15) is 4.31 Å². The molecule has 0 spiro atoms. The third-order valence-corrected chi connectivity index (χ3v) is 6.19. The molecule has 0 saturated heterocycles. The van der Waals surface area contributed by atoms with Crippen molar-refractivity contribution < 1.29 is 13.2 Å². The quantitative estimate of drug-likeness (QED) is 0.785. The molecule has 0 aliphatic carbocycles.